The van der Waals surface area contributed by atoms with Gasteiger partial charge >= 0.3 is 10.1 Å². The lowest BCUT2D eigenvalue weighted by molar-refractivity contribution is 0.335. The highest BCUT2D eigenvalue weighted by Gasteiger charge is 2.18. The molecule has 5 nitrogen and oxygen atoms in total. The van der Waals surface area contributed by atoms with Crippen molar-refractivity contribution >= 4 is 27.2 Å². The van der Waals surface area contributed by atoms with Crippen LogP contribution < -0.4 is 0 Å². The molecular formula is C9H10N2O3S2. The van der Waals surface area contributed by atoms with Gasteiger partial charge in [-0.05, 0) is 25.3 Å². The van der Waals surface area contributed by atoms with E-state index in [-0.39, 0.29) is 5.71 Å². The van der Waals surface area contributed by atoms with Gasteiger partial charge in [0, 0.05) is 0 Å². The predicted octanol–water partition coefficient (Wildman–Crippen LogP) is 1.73. The van der Waals surface area contributed by atoms with Gasteiger partial charge in [-0.15, -0.1) is 11.3 Å². The third kappa shape index (κ3) is 3.05. The molecule has 0 amide bonds. The third-order valence-electron chi connectivity index (χ3n) is 1.67. The largest absolute Gasteiger partial charge is 0.330 e. The van der Waals surface area contributed by atoms with Crippen molar-refractivity contribution in [2.75, 3.05) is 0 Å². The highest BCUT2D eigenvalue weighted by atomic mass is 32.2. The molecule has 1 heterocycles. The molecule has 0 radical (unpaired) electrons. The summed E-state index contributed by atoms with van der Waals surface area (Å²) in [5, 5.41) is 13.2. The molecule has 0 spiro atoms. The maximum atomic E-state index is 11.3. The van der Waals surface area contributed by atoms with Gasteiger partial charge in [-0.1, -0.05) is 11.2 Å². The fraction of sp³-hybridized carbons (Fsp3) is 0.333. The first kappa shape index (κ1) is 12.7. The maximum absolute atomic E-state index is 11.3. The van der Waals surface area contributed by atoms with Crippen LogP contribution in [0.2, 0.25) is 0 Å². The van der Waals surface area contributed by atoms with Crippen LogP contribution in [-0.2, 0) is 14.4 Å². The molecule has 0 bridgehead atoms. The minimum absolute atomic E-state index is 0.0424. The number of rotatable bonds is 4. The van der Waals surface area contributed by atoms with Crippen LogP contribution in [-0.4, -0.2) is 19.4 Å². The zero-order valence-electron chi connectivity index (χ0n) is 8.75. The second-order valence-electron chi connectivity index (χ2n) is 3.15. The van der Waals surface area contributed by atoms with Crippen molar-refractivity contribution in [3.63, 3.8) is 0 Å². The standard InChI is InChI=1S/C9H10N2O3S2/c1-7(2)16(12,13)14-11-8(6-10)9-4-3-5-15-9/h3-5,7H,1-2H3. The first-order chi connectivity index (χ1) is 7.47. The van der Waals surface area contributed by atoms with E-state index in [0.29, 0.717) is 4.88 Å². The Kier molecular flexibility index (Phi) is 4.04. The Balaban J connectivity index is 2.90. The van der Waals surface area contributed by atoms with Crippen molar-refractivity contribution in [2.24, 2.45) is 5.16 Å². The van der Waals surface area contributed by atoms with E-state index in [2.05, 4.69) is 9.44 Å². The molecule has 0 fully saturated rings. The first-order valence-corrected chi connectivity index (χ1v) is 6.77. The van der Waals surface area contributed by atoms with Crippen LogP contribution in [0.4, 0.5) is 0 Å². The van der Waals surface area contributed by atoms with Gasteiger partial charge in [-0.2, -0.15) is 13.7 Å². The molecule has 1 aromatic rings. The van der Waals surface area contributed by atoms with Crippen molar-refractivity contribution in [1.82, 2.24) is 0 Å². The van der Waals surface area contributed by atoms with E-state index in [9.17, 15) is 8.42 Å². The number of nitriles is 1. The van der Waals surface area contributed by atoms with Gasteiger partial charge in [0.25, 0.3) is 0 Å². The summed E-state index contributed by atoms with van der Waals surface area (Å²) in [4.78, 5) is 0.571. The zero-order valence-corrected chi connectivity index (χ0v) is 10.4. The first-order valence-electron chi connectivity index (χ1n) is 4.42. The van der Waals surface area contributed by atoms with E-state index in [1.54, 1.807) is 23.6 Å². The average Bonchev–Trinajstić information content (AvgIpc) is 2.71. The van der Waals surface area contributed by atoms with Gasteiger partial charge in [0.2, 0.25) is 0 Å². The number of oxime groups is 1. The fourth-order valence-electron chi connectivity index (χ4n) is 0.709. The third-order valence-corrected chi connectivity index (χ3v) is 3.98. The molecule has 86 valence electrons. The molecular weight excluding hydrogens is 248 g/mol. The van der Waals surface area contributed by atoms with Crippen LogP contribution in [0.3, 0.4) is 0 Å². The highest BCUT2D eigenvalue weighted by molar-refractivity contribution is 7.87. The Labute approximate surface area is 98.1 Å². The molecule has 0 atom stereocenters. The van der Waals surface area contributed by atoms with E-state index in [4.69, 9.17) is 5.26 Å². The number of nitrogens with zero attached hydrogens (tertiary/aromatic N) is 2. The molecule has 0 aliphatic carbocycles. The van der Waals surface area contributed by atoms with E-state index in [0.717, 1.165) is 0 Å². The van der Waals surface area contributed by atoms with Crippen molar-refractivity contribution in [2.45, 2.75) is 19.1 Å². The van der Waals surface area contributed by atoms with Gasteiger partial charge in [-0.25, -0.2) is 0 Å². The maximum Gasteiger partial charge on any atom is 0.330 e. The van der Waals surface area contributed by atoms with Crippen molar-refractivity contribution in [3.8, 4) is 6.07 Å². The molecule has 0 aliphatic rings. The van der Waals surface area contributed by atoms with Crippen molar-refractivity contribution in [3.05, 3.63) is 22.4 Å². The molecule has 0 saturated carbocycles. The molecule has 7 heteroatoms. The van der Waals surface area contributed by atoms with E-state index in [1.165, 1.54) is 25.2 Å². The molecule has 0 aromatic carbocycles. The minimum atomic E-state index is -3.73. The van der Waals surface area contributed by atoms with Crippen LogP contribution in [0.1, 0.15) is 18.7 Å². The van der Waals surface area contributed by atoms with Crippen LogP contribution in [0.5, 0.6) is 0 Å². The van der Waals surface area contributed by atoms with Gasteiger partial charge < -0.3 is 0 Å². The van der Waals surface area contributed by atoms with Gasteiger partial charge in [-0.3, -0.25) is 4.28 Å². The summed E-state index contributed by atoms with van der Waals surface area (Å²) in [6, 6.07) is 5.19. The Morgan fingerprint density at radius 1 is 1.62 bits per heavy atom. The zero-order chi connectivity index (χ0) is 12.2. The van der Waals surface area contributed by atoms with E-state index < -0.39 is 15.4 Å². The summed E-state index contributed by atoms with van der Waals surface area (Å²) in [7, 11) is -3.73. The second-order valence-corrected chi connectivity index (χ2v) is 6.17. The Bertz CT molecular complexity index is 509. The summed E-state index contributed by atoms with van der Waals surface area (Å²) in [5.74, 6) is 0. The number of hydrogen-bond acceptors (Lipinski definition) is 6. The SMILES string of the molecule is CC(C)S(=O)(=O)ON=C(C#N)c1cccs1. The van der Waals surface area contributed by atoms with Crippen LogP contribution in [0, 0.1) is 11.3 Å². The molecule has 0 saturated heterocycles. The molecule has 16 heavy (non-hydrogen) atoms. The molecule has 0 N–H and O–H groups in total. The number of thiophene rings is 1. The molecule has 0 aliphatic heterocycles. The second kappa shape index (κ2) is 5.09. The highest BCUT2D eigenvalue weighted by Crippen LogP contribution is 2.11. The van der Waals surface area contributed by atoms with E-state index >= 15 is 0 Å². The van der Waals surface area contributed by atoms with Gasteiger partial charge in [0.1, 0.15) is 6.07 Å². The quantitative estimate of drug-likeness (QED) is 0.608. The summed E-state index contributed by atoms with van der Waals surface area (Å²) in [6.07, 6.45) is 0. The normalized spacial score (nSPS) is 12.5. The summed E-state index contributed by atoms with van der Waals surface area (Å²) < 4.78 is 27.0. The van der Waals surface area contributed by atoms with Gasteiger partial charge in [0.15, 0.2) is 5.71 Å². The Morgan fingerprint density at radius 3 is 2.75 bits per heavy atom. The molecule has 0 unspecified atom stereocenters. The Hall–Kier alpha value is -1.39. The lowest BCUT2D eigenvalue weighted by atomic mass is 10.3. The smallest absolute Gasteiger partial charge is 0.267 e. The fourth-order valence-corrected chi connectivity index (χ4v) is 1.72. The lowest BCUT2D eigenvalue weighted by Crippen LogP contribution is -2.15. The van der Waals surface area contributed by atoms with Crippen LogP contribution >= 0.6 is 11.3 Å². The lowest BCUT2D eigenvalue weighted by Gasteiger charge is -2.03. The van der Waals surface area contributed by atoms with Crippen molar-refractivity contribution < 1.29 is 12.7 Å². The van der Waals surface area contributed by atoms with Gasteiger partial charge in [0.05, 0.1) is 10.1 Å². The van der Waals surface area contributed by atoms with Crippen LogP contribution in [0.15, 0.2) is 22.7 Å². The van der Waals surface area contributed by atoms with E-state index in [1.807, 2.05) is 0 Å². The molecule has 1 rings (SSSR count). The topological polar surface area (TPSA) is 79.5 Å². The Morgan fingerprint density at radius 2 is 2.31 bits per heavy atom. The average molecular weight is 258 g/mol. The minimum Gasteiger partial charge on any atom is -0.267 e. The summed E-state index contributed by atoms with van der Waals surface area (Å²) in [5.41, 5.74) is -0.0424. The molecule has 1 aromatic heterocycles. The number of hydrogen-bond donors (Lipinski definition) is 0. The van der Waals surface area contributed by atoms with Crippen molar-refractivity contribution in [1.29, 1.82) is 5.26 Å². The monoisotopic (exact) mass is 258 g/mol. The predicted molar refractivity (Wildman–Crippen MR) is 61.6 cm³/mol. The summed E-state index contributed by atoms with van der Waals surface area (Å²) in [6.45, 7) is 2.95. The van der Waals surface area contributed by atoms with Crippen LogP contribution in [0.25, 0.3) is 0 Å². The summed E-state index contributed by atoms with van der Waals surface area (Å²) >= 11 is 1.29.